The monoisotopic (exact) mass is 475 g/mol. The first-order valence-corrected chi connectivity index (χ1v) is 11.0. The highest BCUT2D eigenvalue weighted by atomic mass is 32.2. The molecule has 8 nitrogen and oxygen atoms in total. The van der Waals surface area contributed by atoms with Crippen LogP contribution in [-0.2, 0) is 16.6 Å². The van der Waals surface area contributed by atoms with Crippen LogP contribution in [0, 0.1) is 18.2 Å². The number of imidazole rings is 1. The molecule has 164 valence electrons. The molecule has 2 aromatic heterocycles. The van der Waals surface area contributed by atoms with E-state index in [0.717, 1.165) is 10.6 Å². The molecule has 0 radical (unpaired) electrons. The maximum absolute atomic E-state index is 15.2. The van der Waals surface area contributed by atoms with Crippen molar-refractivity contribution in [2.75, 3.05) is 6.67 Å². The van der Waals surface area contributed by atoms with Crippen LogP contribution in [0.15, 0.2) is 15.8 Å². The normalized spacial score (nSPS) is 15.5. The third-order valence-corrected chi connectivity index (χ3v) is 7.39. The number of H-pyrrole nitrogens is 1. The van der Waals surface area contributed by atoms with Crippen LogP contribution in [0.1, 0.15) is 24.3 Å². The van der Waals surface area contributed by atoms with Crippen molar-refractivity contribution in [1.82, 2.24) is 24.5 Å². The average Bonchev–Trinajstić information content (AvgIpc) is 3.15. The molecule has 2 heterocycles. The third kappa shape index (κ3) is 3.62. The summed E-state index contributed by atoms with van der Waals surface area (Å²) in [5, 5.41) is 5.80. The molecule has 0 atom stereocenters. The first-order chi connectivity index (χ1) is 14.6. The fourth-order valence-corrected chi connectivity index (χ4v) is 5.67. The van der Waals surface area contributed by atoms with Crippen LogP contribution in [0.2, 0.25) is 0 Å². The van der Waals surface area contributed by atoms with Gasteiger partial charge in [0.15, 0.2) is 10.0 Å². The Morgan fingerprint density at radius 1 is 1.39 bits per heavy atom. The van der Waals surface area contributed by atoms with Gasteiger partial charge in [-0.3, -0.25) is 4.57 Å². The average molecular weight is 475 g/mol. The minimum Gasteiger partial charge on any atom is -0.305 e. The number of hydrogen-bond donors (Lipinski definition) is 2. The minimum atomic E-state index is -4.68. The lowest BCUT2D eigenvalue weighted by Gasteiger charge is -2.16. The maximum atomic E-state index is 15.2. The third-order valence-electron chi connectivity index (χ3n) is 4.80. The summed E-state index contributed by atoms with van der Waals surface area (Å²) in [6.45, 7) is -1.26. The molecule has 0 bridgehead atoms. The summed E-state index contributed by atoms with van der Waals surface area (Å²) >= 11 is 0.339. The number of nitrogens with one attached hydrogen (secondary N) is 2. The molecule has 1 saturated carbocycles. The van der Waals surface area contributed by atoms with E-state index in [-0.39, 0.29) is 35.4 Å². The van der Waals surface area contributed by atoms with E-state index < -0.39 is 55.6 Å². The van der Waals surface area contributed by atoms with E-state index in [1.807, 2.05) is 0 Å². The lowest BCUT2D eigenvalue weighted by molar-refractivity contribution is 0.150. The standard InChI is InChI=1S/C17H13F4N5O3S2/c1-2-5-26-9-6-8(19)12(31(28,29)25-17(7-18)3-4-17)10(11(9)22-16(26)27)14-23-24-15(30-14)13(20)21/h1,6,13,25H,3-5,7H2,(H,22,27). The van der Waals surface area contributed by atoms with Gasteiger partial charge in [-0.25, -0.2) is 35.5 Å². The number of fused-ring (bicyclic) bond motifs is 1. The number of aromatic amines is 1. The Morgan fingerprint density at radius 3 is 2.65 bits per heavy atom. The molecule has 0 spiro atoms. The van der Waals surface area contributed by atoms with Gasteiger partial charge in [0.1, 0.15) is 17.4 Å². The topological polar surface area (TPSA) is 110 Å². The molecule has 1 aliphatic rings. The molecule has 0 saturated heterocycles. The van der Waals surface area contributed by atoms with Gasteiger partial charge in [0.05, 0.1) is 28.7 Å². The highest BCUT2D eigenvalue weighted by Crippen LogP contribution is 2.41. The highest BCUT2D eigenvalue weighted by Gasteiger charge is 2.47. The number of alkyl halides is 3. The van der Waals surface area contributed by atoms with Crippen molar-refractivity contribution < 1.29 is 26.0 Å². The number of nitrogens with zero attached hydrogens (tertiary/aromatic N) is 3. The van der Waals surface area contributed by atoms with Crippen molar-refractivity contribution in [2.45, 2.75) is 36.2 Å². The summed E-state index contributed by atoms with van der Waals surface area (Å²) < 4.78 is 83.7. The lowest BCUT2D eigenvalue weighted by atomic mass is 10.2. The fraction of sp³-hybridized carbons (Fsp3) is 0.353. The van der Waals surface area contributed by atoms with Crippen LogP contribution in [0.3, 0.4) is 0 Å². The van der Waals surface area contributed by atoms with Gasteiger partial charge in [-0.1, -0.05) is 17.3 Å². The van der Waals surface area contributed by atoms with Crippen molar-refractivity contribution >= 4 is 32.4 Å². The largest absolute Gasteiger partial charge is 0.327 e. The van der Waals surface area contributed by atoms with Gasteiger partial charge in [0.2, 0.25) is 10.0 Å². The Kier molecular flexibility index (Phi) is 5.15. The van der Waals surface area contributed by atoms with E-state index in [4.69, 9.17) is 6.42 Å². The van der Waals surface area contributed by atoms with Crippen molar-refractivity contribution in [3.8, 4) is 22.9 Å². The van der Waals surface area contributed by atoms with Crippen LogP contribution in [0.5, 0.6) is 0 Å². The predicted octanol–water partition coefficient (Wildman–Crippen LogP) is 2.34. The summed E-state index contributed by atoms with van der Waals surface area (Å²) in [5.41, 5.74) is -2.85. The van der Waals surface area contributed by atoms with Crippen LogP contribution >= 0.6 is 11.3 Å². The summed E-state index contributed by atoms with van der Waals surface area (Å²) in [7, 11) is -4.68. The fourth-order valence-electron chi connectivity index (χ4n) is 3.13. The molecular formula is C17H13F4N5O3S2. The zero-order valence-electron chi connectivity index (χ0n) is 15.5. The number of aromatic nitrogens is 4. The van der Waals surface area contributed by atoms with Crippen molar-refractivity contribution in [3.05, 3.63) is 27.4 Å². The first kappa shape index (κ1) is 21.5. The quantitative estimate of drug-likeness (QED) is 0.403. The number of sulfonamides is 1. The van der Waals surface area contributed by atoms with Crippen LogP contribution < -0.4 is 10.4 Å². The number of rotatable bonds is 7. The van der Waals surface area contributed by atoms with Gasteiger partial charge in [0.25, 0.3) is 6.43 Å². The van der Waals surface area contributed by atoms with Gasteiger partial charge in [0, 0.05) is 6.07 Å². The van der Waals surface area contributed by atoms with Gasteiger partial charge in [-0.05, 0) is 12.8 Å². The summed E-state index contributed by atoms with van der Waals surface area (Å²) in [4.78, 5) is 13.7. The van der Waals surface area contributed by atoms with E-state index in [1.165, 1.54) is 0 Å². The second-order valence-corrected chi connectivity index (χ2v) is 9.57. The smallest absolute Gasteiger partial charge is 0.305 e. The first-order valence-electron chi connectivity index (χ1n) is 8.73. The molecule has 0 unspecified atom stereocenters. The van der Waals surface area contributed by atoms with E-state index in [1.54, 1.807) is 0 Å². The SMILES string of the molecule is C#CCn1c(=O)[nH]c2c(-c3nnc(C(F)F)s3)c(S(=O)(=O)NC3(CF)CC3)c(F)cc21. The molecule has 1 aromatic carbocycles. The number of benzene rings is 1. The van der Waals surface area contributed by atoms with E-state index in [0.29, 0.717) is 11.3 Å². The Labute approximate surface area is 176 Å². The molecule has 0 aliphatic heterocycles. The predicted molar refractivity (Wildman–Crippen MR) is 103 cm³/mol. The summed E-state index contributed by atoms with van der Waals surface area (Å²) in [6, 6.07) is 0.784. The Morgan fingerprint density at radius 2 is 2.10 bits per heavy atom. The molecule has 31 heavy (non-hydrogen) atoms. The molecule has 3 aromatic rings. The Hall–Kier alpha value is -2.76. The van der Waals surface area contributed by atoms with Crippen LogP contribution in [0.25, 0.3) is 21.6 Å². The van der Waals surface area contributed by atoms with Gasteiger partial charge in [-0.15, -0.1) is 16.6 Å². The molecule has 0 amide bonds. The second-order valence-electron chi connectivity index (χ2n) is 6.94. The molecular weight excluding hydrogens is 462 g/mol. The zero-order valence-corrected chi connectivity index (χ0v) is 17.1. The summed E-state index contributed by atoms with van der Waals surface area (Å²) in [6.07, 6.45) is 2.66. The van der Waals surface area contributed by atoms with Gasteiger partial charge < -0.3 is 4.98 Å². The lowest BCUT2D eigenvalue weighted by Crippen LogP contribution is -2.39. The second kappa shape index (κ2) is 7.43. The molecule has 14 heteroatoms. The maximum Gasteiger partial charge on any atom is 0.327 e. The molecule has 4 rings (SSSR count). The van der Waals surface area contributed by atoms with Crippen LogP contribution in [0.4, 0.5) is 17.6 Å². The highest BCUT2D eigenvalue weighted by molar-refractivity contribution is 7.89. The van der Waals surface area contributed by atoms with E-state index in [2.05, 4.69) is 25.8 Å². The van der Waals surface area contributed by atoms with Crippen molar-refractivity contribution in [3.63, 3.8) is 0 Å². The number of hydrogen-bond acceptors (Lipinski definition) is 6. The van der Waals surface area contributed by atoms with E-state index in [9.17, 15) is 26.4 Å². The van der Waals surface area contributed by atoms with Gasteiger partial charge in [-0.2, -0.15) is 0 Å². The molecule has 1 aliphatic carbocycles. The summed E-state index contributed by atoms with van der Waals surface area (Å²) in [5.74, 6) is 0.928. The minimum absolute atomic E-state index is 0.0881. The molecule has 2 N–H and O–H groups in total. The van der Waals surface area contributed by atoms with E-state index >= 15 is 4.39 Å². The van der Waals surface area contributed by atoms with Crippen LogP contribution in [-0.4, -0.2) is 40.4 Å². The van der Waals surface area contributed by atoms with Crippen molar-refractivity contribution in [1.29, 1.82) is 0 Å². The molecule has 1 fully saturated rings. The number of terminal acetylenes is 1. The Bertz CT molecular complexity index is 1380. The van der Waals surface area contributed by atoms with Gasteiger partial charge >= 0.3 is 5.69 Å². The Balaban J connectivity index is 2.04. The number of halogens is 4. The van der Waals surface area contributed by atoms with Crippen molar-refractivity contribution in [2.24, 2.45) is 0 Å². The zero-order chi connectivity index (χ0) is 22.6.